The summed E-state index contributed by atoms with van der Waals surface area (Å²) in [6.07, 6.45) is 0.0565. The van der Waals surface area contributed by atoms with Crippen molar-refractivity contribution < 1.29 is 23.0 Å². The fourth-order valence-electron chi connectivity index (χ4n) is 1.91. The van der Waals surface area contributed by atoms with Crippen molar-refractivity contribution in [2.24, 2.45) is 5.73 Å². The highest BCUT2D eigenvalue weighted by Gasteiger charge is 2.17. The van der Waals surface area contributed by atoms with E-state index in [0.29, 0.717) is 17.1 Å². The van der Waals surface area contributed by atoms with E-state index in [4.69, 9.17) is 10.5 Å². The van der Waals surface area contributed by atoms with E-state index in [1.54, 1.807) is 0 Å². The molecule has 0 amide bonds. The molecule has 0 saturated heterocycles. The summed E-state index contributed by atoms with van der Waals surface area (Å²) >= 11 is 0. The Morgan fingerprint density at radius 3 is 2.41 bits per heavy atom. The van der Waals surface area contributed by atoms with E-state index in [-0.39, 0.29) is 12.2 Å². The molecule has 22 heavy (non-hydrogen) atoms. The molecule has 1 atom stereocenters. The molecule has 2 N–H and O–H groups in total. The molecule has 0 spiro atoms. The Kier molecular flexibility index (Phi) is 5.06. The number of hydrogen-bond donors (Lipinski definition) is 1. The van der Waals surface area contributed by atoms with Gasteiger partial charge in [-0.25, -0.2) is 8.78 Å². The zero-order valence-corrected chi connectivity index (χ0v) is 11.9. The minimum absolute atomic E-state index is 0.0565. The number of carbonyl (C=O) groups is 1. The van der Waals surface area contributed by atoms with Crippen molar-refractivity contribution in [3.8, 4) is 11.5 Å². The van der Waals surface area contributed by atoms with Crippen LogP contribution in [0.15, 0.2) is 42.5 Å². The maximum absolute atomic E-state index is 13.4. The first-order valence-electron chi connectivity index (χ1n) is 6.55. The molecule has 2 aromatic rings. The second kappa shape index (κ2) is 7.00. The monoisotopic (exact) mass is 307 g/mol. The Morgan fingerprint density at radius 1 is 1.14 bits per heavy atom. The van der Waals surface area contributed by atoms with Gasteiger partial charge in [-0.1, -0.05) is 0 Å². The van der Waals surface area contributed by atoms with Gasteiger partial charge >= 0.3 is 5.97 Å². The van der Waals surface area contributed by atoms with Gasteiger partial charge in [0.25, 0.3) is 0 Å². The summed E-state index contributed by atoms with van der Waals surface area (Å²) in [7, 11) is 1.23. The summed E-state index contributed by atoms with van der Waals surface area (Å²) in [5.74, 6) is -0.733. The van der Waals surface area contributed by atoms with Crippen LogP contribution < -0.4 is 10.5 Å². The number of nitrogens with two attached hydrogens (primary N) is 1. The lowest BCUT2D eigenvalue weighted by molar-refractivity contribution is -0.142. The molecule has 0 heterocycles. The fraction of sp³-hybridized carbons (Fsp3) is 0.188. The van der Waals surface area contributed by atoms with Crippen LogP contribution in [-0.4, -0.2) is 19.1 Å². The largest absolute Gasteiger partial charge is 0.468 e. The van der Waals surface area contributed by atoms with E-state index in [0.717, 1.165) is 0 Å². The van der Waals surface area contributed by atoms with Gasteiger partial charge in [0, 0.05) is 6.42 Å². The molecule has 2 rings (SSSR count). The fourth-order valence-corrected chi connectivity index (χ4v) is 1.91. The number of halogens is 2. The summed E-state index contributed by atoms with van der Waals surface area (Å²) in [6, 6.07) is 8.36. The quantitative estimate of drug-likeness (QED) is 0.863. The molecule has 0 aliphatic heterocycles. The average Bonchev–Trinajstić information content (AvgIpc) is 2.51. The number of hydrogen-bond acceptors (Lipinski definition) is 4. The first kappa shape index (κ1) is 15.9. The van der Waals surface area contributed by atoms with Crippen molar-refractivity contribution >= 4 is 5.97 Å². The van der Waals surface area contributed by atoms with Crippen LogP contribution in [0, 0.1) is 11.6 Å². The van der Waals surface area contributed by atoms with Crippen molar-refractivity contribution in [2.75, 3.05) is 7.11 Å². The smallest absolute Gasteiger partial charge is 0.322 e. The summed E-state index contributed by atoms with van der Waals surface area (Å²) < 4.78 is 36.4. The van der Waals surface area contributed by atoms with Gasteiger partial charge in [-0.3, -0.25) is 4.79 Å². The van der Waals surface area contributed by atoms with Gasteiger partial charge in [-0.15, -0.1) is 0 Å². The van der Waals surface area contributed by atoms with Crippen molar-refractivity contribution in [1.82, 2.24) is 0 Å². The lowest BCUT2D eigenvalue weighted by Gasteiger charge is -2.14. The van der Waals surface area contributed by atoms with Crippen LogP contribution in [-0.2, 0) is 16.0 Å². The minimum Gasteiger partial charge on any atom is -0.468 e. The molecule has 0 bridgehead atoms. The number of methoxy groups -OCH3 is 1. The van der Waals surface area contributed by atoms with Gasteiger partial charge in [0.2, 0.25) is 0 Å². The van der Waals surface area contributed by atoms with Gasteiger partial charge in [0.1, 0.15) is 29.2 Å². The predicted octanol–water partition coefficient (Wildman–Crippen LogP) is 2.80. The molecule has 0 aromatic heterocycles. The third kappa shape index (κ3) is 4.02. The van der Waals surface area contributed by atoms with E-state index in [9.17, 15) is 13.6 Å². The Hall–Kier alpha value is -2.47. The maximum Gasteiger partial charge on any atom is 0.322 e. The van der Waals surface area contributed by atoms with Crippen molar-refractivity contribution in [3.63, 3.8) is 0 Å². The van der Waals surface area contributed by atoms with Crippen LogP contribution in [0.5, 0.6) is 11.5 Å². The van der Waals surface area contributed by atoms with E-state index in [2.05, 4.69) is 4.74 Å². The third-order valence-electron chi connectivity index (χ3n) is 3.01. The number of rotatable bonds is 5. The summed E-state index contributed by atoms with van der Waals surface area (Å²) in [5.41, 5.74) is 6.11. The van der Waals surface area contributed by atoms with Crippen LogP contribution in [0.4, 0.5) is 8.78 Å². The first-order valence-corrected chi connectivity index (χ1v) is 6.55. The van der Waals surface area contributed by atoms with E-state index < -0.39 is 17.8 Å². The molecule has 0 aliphatic carbocycles. The molecule has 116 valence electrons. The Morgan fingerprint density at radius 2 is 1.77 bits per heavy atom. The highest BCUT2D eigenvalue weighted by Crippen LogP contribution is 2.27. The average molecular weight is 307 g/mol. The topological polar surface area (TPSA) is 61.5 Å². The lowest BCUT2D eigenvalue weighted by atomic mass is 10.1. The van der Waals surface area contributed by atoms with Crippen LogP contribution in [0.25, 0.3) is 0 Å². The maximum atomic E-state index is 13.4. The van der Waals surface area contributed by atoms with E-state index in [1.165, 1.54) is 49.6 Å². The van der Waals surface area contributed by atoms with E-state index in [1.807, 2.05) is 0 Å². The number of esters is 1. The second-order valence-electron chi connectivity index (χ2n) is 4.64. The molecular formula is C16H15F2NO3. The SMILES string of the molecule is COC(=O)C(N)Cc1cc(F)ccc1Oc1ccc(F)cc1. The molecular weight excluding hydrogens is 292 g/mol. The Labute approximate surface area is 126 Å². The van der Waals surface area contributed by atoms with E-state index >= 15 is 0 Å². The van der Waals surface area contributed by atoms with Gasteiger partial charge in [-0.05, 0) is 48.0 Å². The molecule has 0 fully saturated rings. The summed E-state index contributed by atoms with van der Waals surface area (Å²) in [4.78, 5) is 11.4. The van der Waals surface area contributed by atoms with Crippen LogP contribution in [0.1, 0.15) is 5.56 Å². The van der Waals surface area contributed by atoms with Crippen molar-refractivity contribution in [1.29, 1.82) is 0 Å². The van der Waals surface area contributed by atoms with Crippen molar-refractivity contribution in [3.05, 3.63) is 59.7 Å². The molecule has 6 heteroatoms. The molecule has 0 saturated carbocycles. The Balaban J connectivity index is 2.23. The zero-order valence-electron chi connectivity index (χ0n) is 11.9. The van der Waals surface area contributed by atoms with Gasteiger partial charge < -0.3 is 15.2 Å². The normalized spacial score (nSPS) is 11.8. The van der Waals surface area contributed by atoms with Gasteiger partial charge in [-0.2, -0.15) is 0 Å². The molecule has 0 aliphatic rings. The van der Waals surface area contributed by atoms with Crippen LogP contribution in [0.2, 0.25) is 0 Å². The molecule has 4 nitrogen and oxygen atoms in total. The standard InChI is InChI=1S/C16H15F2NO3/c1-21-16(20)14(19)9-10-8-12(18)4-7-15(10)22-13-5-2-11(17)3-6-13/h2-8,14H,9,19H2,1H3. The third-order valence-corrected chi connectivity index (χ3v) is 3.01. The summed E-state index contributed by atoms with van der Waals surface area (Å²) in [6.45, 7) is 0. The highest BCUT2D eigenvalue weighted by atomic mass is 19.1. The van der Waals surface area contributed by atoms with Gasteiger partial charge in [0.15, 0.2) is 0 Å². The minimum atomic E-state index is -0.928. The lowest BCUT2D eigenvalue weighted by Crippen LogP contribution is -2.33. The predicted molar refractivity (Wildman–Crippen MR) is 76.6 cm³/mol. The molecule has 0 radical (unpaired) electrons. The number of carbonyl (C=O) groups excluding carboxylic acids is 1. The second-order valence-corrected chi connectivity index (χ2v) is 4.64. The Bertz CT molecular complexity index is 659. The highest BCUT2D eigenvalue weighted by molar-refractivity contribution is 5.75. The molecule has 2 aromatic carbocycles. The van der Waals surface area contributed by atoms with Crippen molar-refractivity contribution in [2.45, 2.75) is 12.5 Å². The first-order chi connectivity index (χ1) is 10.5. The van der Waals surface area contributed by atoms with Crippen LogP contribution in [0.3, 0.4) is 0 Å². The molecule has 1 unspecified atom stereocenters. The van der Waals surface area contributed by atoms with Crippen LogP contribution >= 0.6 is 0 Å². The summed E-state index contributed by atoms with van der Waals surface area (Å²) in [5, 5.41) is 0. The number of ether oxygens (including phenoxy) is 2. The number of benzene rings is 2. The van der Waals surface area contributed by atoms with Gasteiger partial charge in [0.05, 0.1) is 7.11 Å². The zero-order chi connectivity index (χ0) is 16.1.